The van der Waals surface area contributed by atoms with Gasteiger partial charge in [0.15, 0.2) is 10.2 Å². The summed E-state index contributed by atoms with van der Waals surface area (Å²) in [7, 11) is 0. The van der Waals surface area contributed by atoms with Gasteiger partial charge < -0.3 is 9.80 Å². The van der Waals surface area contributed by atoms with Crippen LogP contribution >= 0.6 is 24.4 Å². The summed E-state index contributed by atoms with van der Waals surface area (Å²) in [5, 5.41) is 10.2. The molecule has 0 unspecified atom stereocenters. The van der Waals surface area contributed by atoms with Crippen LogP contribution in [-0.2, 0) is 0 Å². The van der Waals surface area contributed by atoms with Crippen molar-refractivity contribution in [3.8, 4) is 0 Å². The second-order valence-electron chi connectivity index (χ2n) is 7.02. The van der Waals surface area contributed by atoms with Gasteiger partial charge in [0.25, 0.3) is 0 Å². The summed E-state index contributed by atoms with van der Waals surface area (Å²) in [4.78, 5) is 8.95. The molecule has 150 valence electrons. The minimum atomic E-state index is 0.672. The summed E-state index contributed by atoms with van der Waals surface area (Å²) in [6, 6.07) is 5.81. The van der Waals surface area contributed by atoms with Gasteiger partial charge in [-0.1, -0.05) is 6.07 Å². The van der Waals surface area contributed by atoms with Crippen molar-refractivity contribution in [1.82, 2.24) is 25.6 Å². The maximum absolute atomic E-state index is 5.40. The zero-order chi connectivity index (χ0) is 19.9. The number of hydrazone groups is 2. The molecule has 0 atom stereocenters. The van der Waals surface area contributed by atoms with Gasteiger partial charge in [-0.25, -0.2) is 4.98 Å². The quantitative estimate of drug-likeness (QED) is 0.443. The Morgan fingerprint density at radius 3 is 1.61 bits per heavy atom. The van der Waals surface area contributed by atoms with Crippen molar-refractivity contribution in [2.75, 3.05) is 26.2 Å². The molecule has 0 amide bonds. The van der Waals surface area contributed by atoms with Crippen LogP contribution < -0.4 is 10.9 Å². The van der Waals surface area contributed by atoms with Gasteiger partial charge >= 0.3 is 0 Å². The fourth-order valence-corrected chi connectivity index (χ4v) is 3.65. The van der Waals surface area contributed by atoms with Gasteiger partial charge in [-0.3, -0.25) is 10.9 Å². The molecule has 1 aromatic heterocycles. The zero-order valence-corrected chi connectivity index (χ0v) is 18.1. The molecule has 2 aliphatic heterocycles. The number of pyridine rings is 1. The molecule has 7 nitrogen and oxygen atoms in total. The molecular weight excluding hydrogens is 390 g/mol. The molecule has 0 aromatic carbocycles. The number of hydrogen-bond acceptors (Lipinski definition) is 5. The number of nitrogens with one attached hydrogen (secondary N) is 2. The normalized spacial score (nSPS) is 17.8. The summed E-state index contributed by atoms with van der Waals surface area (Å²) in [5.74, 6) is 0. The largest absolute Gasteiger partial charge is 0.348 e. The minimum Gasteiger partial charge on any atom is -0.348 e. The first kappa shape index (κ1) is 20.6. The smallest absolute Gasteiger partial charge is 0.189 e. The molecule has 2 aliphatic rings. The van der Waals surface area contributed by atoms with Gasteiger partial charge in [0.1, 0.15) is 0 Å². The van der Waals surface area contributed by atoms with Gasteiger partial charge in [0.05, 0.1) is 22.8 Å². The Kier molecular flexibility index (Phi) is 7.27. The van der Waals surface area contributed by atoms with Crippen LogP contribution in [0.2, 0.25) is 0 Å². The minimum absolute atomic E-state index is 0.672. The van der Waals surface area contributed by atoms with E-state index in [0.717, 1.165) is 49.0 Å². The fourth-order valence-electron chi connectivity index (χ4n) is 3.20. The number of nitrogens with zero attached hydrogens (tertiary/aromatic N) is 5. The van der Waals surface area contributed by atoms with Crippen molar-refractivity contribution < 1.29 is 0 Å². The maximum Gasteiger partial charge on any atom is 0.189 e. The maximum atomic E-state index is 5.40. The Bertz CT molecular complexity index is 717. The molecule has 0 aliphatic carbocycles. The lowest BCUT2D eigenvalue weighted by molar-refractivity contribution is 0.509. The Labute approximate surface area is 177 Å². The van der Waals surface area contributed by atoms with Gasteiger partial charge in [0, 0.05) is 26.2 Å². The monoisotopic (exact) mass is 417 g/mol. The summed E-state index contributed by atoms with van der Waals surface area (Å²) in [6.07, 6.45) is 4.73. The van der Waals surface area contributed by atoms with Crippen molar-refractivity contribution >= 4 is 46.1 Å². The van der Waals surface area contributed by atoms with Crippen LogP contribution in [0, 0.1) is 0 Å². The highest BCUT2D eigenvalue weighted by atomic mass is 32.1. The molecule has 9 heteroatoms. The lowest BCUT2D eigenvalue weighted by Crippen LogP contribution is -2.35. The van der Waals surface area contributed by atoms with Gasteiger partial charge in [-0.2, -0.15) is 10.2 Å². The average molecular weight is 418 g/mol. The van der Waals surface area contributed by atoms with E-state index in [1.807, 2.05) is 32.0 Å². The molecule has 28 heavy (non-hydrogen) atoms. The molecule has 0 saturated carbocycles. The average Bonchev–Trinajstić information content (AvgIpc) is 3.43. The van der Waals surface area contributed by atoms with Crippen LogP contribution in [0.3, 0.4) is 0 Å². The third-order valence-corrected chi connectivity index (χ3v) is 5.61. The number of thiocarbonyl (C=S) groups is 2. The summed E-state index contributed by atoms with van der Waals surface area (Å²) in [5.41, 5.74) is 9.08. The molecule has 0 spiro atoms. The Morgan fingerprint density at radius 2 is 1.21 bits per heavy atom. The number of aromatic nitrogens is 1. The van der Waals surface area contributed by atoms with E-state index < -0.39 is 0 Å². The first-order chi connectivity index (χ1) is 13.5. The van der Waals surface area contributed by atoms with Crippen LogP contribution in [0.25, 0.3) is 0 Å². The van der Waals surface area contributed by atoms with E-state index >= 15 is 0 Å². The van der Waals surface area contributed by atoms with Gasteiger partial charge in [0.2, 0.25) is 0 Å². The van der Waals surface area contributed by atoms with Crippen LogP contribution in [0.5, 0.6) is 0 Å². The Balaban J connectivity index is 1.61. The number of likely N-dealkylation sites (tertiary alicyclic amines) is 2. The predicted octanol–water partition coefficient (Wildman–Crippen LogP) is 2.47. The third-order valence-electron chi connectivity index (χ3n) is 4.92. The van der Waals surface area contributed by atoms with Crippen molar-refractivity contribution in [1.29, 1.82) is 0 Å². The molecule has 2 fully saturated rings. The van der Waals surface area contributed by atoms with Crippen molar-refractivity contribution in [2.45, 2.75) is 39.5 Å². The van der Waals surface area contributed by atoms with Crippen molar-refractivity contribution in [2.24, 2.45) is 10.2 Å². The second kappa shape index (κ2) is 9.88. The summed E-state index contributed by atoms with van der Waals surface area (Å²) < 4.78 is 0. The van der Waals surface area contributed by atoms with Gasteiger partial charge in [-0.15, -0.1) is 0 Å². The molecule has 2 saturated heterocycles. The third kappa shape index (κ3) is 5.45. The predicted molar refractivity (Wildman–Crippen MR) is 122 cm³/mol. The molecule has 0 radical (unpaired) electrons. The highest BCUT2D eigenvalue weighted by Gasteiger charge is 2.15. The lowest BCUT2D eigenvalue weighted by atomic mass is 10.2. The van der Waals surface area contributed by atoms with Crippen LogP contribution in [-0.4, -0.2) is 62.6 Å². The SMILES string of the molecule is CC(=NNC(=S)N1CCCC1)c1cccc(C(C)=NNC(=S)N2CCCC2)n1. The van der Waals surface area contributed by atoms with Crippen LogP contribution in [0.4, 0.5) is 0 Å². The van der Waals surface area contributed by atoms with E-state index in [-0.39, 0.29) is 0 Å². The fraction of sp³-hybridized carbons (Fsp3) is 0.526. The highest BCUT2D eigenvalue weighted by Crippen LogP contribution is 2.09. The summed E-state index contributed by atoms with van der Waals surface area (Å²) >= 11 is 10.8. The van der Waals surface area contributed by atoms with Crippen LogP contribution in [0.15, 0.2) is 28.4 Å². The molecule has 3 heterocycles. The molecular formula is C19H27N7S2. The topological polar surface area (TPSA) is 68.2 Å². The first-order valence-electron chi connectivity index (χ1n) is 9.71. The lowest BCUT2D eigenvalue weighted by Gasteiger charge is -2.17. The number of rotatable bonds is 4. The van der Waals surface area contributed by atoms with Gasteiger partial charge in [-0.05, 0) is 76.1 Å². The molecule has 1 aromatic rings. The van der Waals surface area contributed by atoms with E-state index in [4.69, 9.17) is 24.4 Å². The zero-order valence-electron chi connectivity index (χ0n) is 16.4. The highest BCUT2D eigenvalue weighted by molar-refractivity contribution is 7.80. The molecule has 2 N–H and O–H groups in total. The van der Waals surface area contributed by atoms with E-state index in [9.17, 15) is 0 Å². The van der Waals surface area contributed by atoms with E-state index in [0.29, 0.717) is 10.2 Å². The molecule has 0 bridgehead atoms. The van der Waals surface area contributed by atoms with Crippen LogP contribution in [0.1, 0.15) is 50.9 Å². The summed E-state index contributed by atoms with van der Waals surface area (Å²) in [6.45, 7) is 7.82. The van der Waals surface area contributed by atoms with E-state index in [1.165, 1.54) is 25.7 Å². The Morgan fingerprint density at radius 1 is 0.821 bits per heavy atom. The Hall–Kier alpha value is -2.13. The van der Waals surface area contributed by atoms with E-state index in [1.54, 1.807) is 0 Å². The number of hydrogen-bond donors (Lipinski definition) is 2. The second-order valence-corrected chi connectivity index (χ2v) is 7.80. The first-order valence-corrected chi connectivity index (χ1v) is 10.5. The molecule has 3 rings (SSSR count). The van der Waals surface area contributed by atoms with Crippen molar-refractivity contribution in [3.05, 3.63) is 29.6 Å². The van der Waals surface area contributed by atoms with E-state index in [2.05, 4.69) is 35.8 Å². The standard InChI is InChI=1S/C19H27N7S2/c1-14(21-23-18(27)25-10-3-4-11-25)16-8-7-9-17(20-16)15(2)22-24-19(28)26-12-5-6-13-26/h7-9H,3-6,10-13H2,1-2H3,(H,23,27)(H,24,28). The van der Waals surface area contributed by atoms with Crippen molar-refractivity contribution in [3.63, 3.8) is 0 Å².